The minimum Gasteiger partial charge on any atom is -0.481 e. The largest absolute Gasteiger partial charge is 0.481 e. The number of anilines is 1. The predicted octanol–water partition coefficient (Wildman–Crippen LogP) is 3.85. The molecule has 0 aliphatic carbocycles. The summed E-state index contributed by atoms with van der Waals surface area (Å²) < 4.78 is 19.0. The first kappa shape index (κ1) is 15.0. The van der Waals surface area contributed by atoms with E-state index < -0.39 is 6.10 Å². The molecule has 110 valence electrons. The van der Waals surface area contributed by atoms with Crippen LogP contribution < -0.4 is 10.1 Å². The number of benzene rings is 2. The van der Waals surface area contributed by atoms with Gasteiger partial charge in [0.1, 0.15) is 11.6 Å². The Morgan fingerprint density at radius 1 is 1.19 bits per heavy atom. The monoisotopic (exact) mass is 287 g/mol. The van der Waals surface area contributed by atoms with Crippen molar-refractivity contribution in [3.05, 3.63) is 59.4 Å². The van der Waals surface area contributed by atoms with Crippen LogP contribution in [0.3, 0.4) is 0 Å². The van der Waals surface area contributed by atoms with Gasteiger partial charge in [-0.3, -0.25) is 4.79 Å². The summed E-state index contributed by atoms with van der Waals surface area (Å²) in [6, 6.07) is 12.0. The Balaban J connectivity index is 2.00. The number of ether oxygens (including phenoxy) is 1. The van der Waals surface area contributed by atoms with E-state index in [1.54, 1.807) is 32.0 Å². The van der Waals surface area contributed by atoms with Crippen LogP contribution in [0.2, 0.25) is 0 Å². The van der Waals surface area contributed by atoms with Gasteiger partial charge in [0.15, 0.2) is 6.10 Å². The van der Waals surface area contributed by atoms with Crippen molar-refractivity contribution in [2.24, 2.45) is 0 Å². The molecule has 2 rings (SSSR count). The Hall–Kier alpha value is -2.36. The highest BCUT2D eigenvalue weighted by atomic mass is 19.1. The van der Waals surface area contributed by atoms with E-state index in [0.717, 1.165) is 5.56 Å². The van der Waals surface area contributed by atoms with Gasteiger partial charge in [0.25, 0.3) is 5.91 Å². The highest BCUT2D eigenvalue weighted by Crippen LogP contribution is 2.16. The number of carbonyl (C=O) groups is 1. The van der Waals surface area contributed by atoms with Crippen molar-refractivity contribution in [1.29, 1.82) is 0 Å². The lowest BCUT2D eigenvalue weighted by Gasteiger charge is -2.15. The SMILES string of the molecule is Cc1cccc(O[C@@H](C)C(=O)Nc2ccc(C)c(F)c2)c1. The molecule has 2 aromatic carbocycles. The lowest BCUT2D eigenvalue weighted by atomic mass is 10.2. The Morgan fingerprint density at radius 3 is 2.62 bits per heavy atom. The summed E-state index contributed by atoms with van der Waals surface area (Å²) in [7, 11) is 0. The van der Waals surface area contributed by atoms with Gasteiger partial charge in [-0.2, -0.15) is 0 Å². The third-order valence-electron chi connectivity index (χ3n) is 3.11. The average molecular weight is 287 g/mol. The van der Waals surface area contributed by atoms with E-state index in [2.05, 4.69) is 5.32 Å². The molecule has 0 unspecified atom stereocenters. The number of carbonyl (C=O) groups excluding carboxylic acids is 1. The first-order chi connectivity index (χ1) is 9.95. The Labute approximate surface area is 123 Å². The highest BCUT2D eigenvalue weighted by molar-refractivity contribution is 5.94. The summed E-state index contributed by atoms with van der Waals surface area (Å²) >= 11 is 0. The zero-order valence-electron chi connectivity index (χ0n) is 12.3. The number of aryl methyl sites for hydroxylation is 2. The van der Waals surface area contributed by atoms with Gasteiger partial charge in [-0.25, -0.2) is 4.39 Å². The molecule has 3 nitrogen and oxygen atoms in total. The first-order valence-electron chi connectivity index (χ1n) is 6.76. The number of rotatable bonds is 4. The molecule has 1 amide bonds. The van der Waals surface area contributed by atoms with Crippen LogP contribution in [0.1, 0.15) is 18.1 Å². The molecule has 0 aliphatic rings. The van der Waals surface area contributed by atoms with Crippen LogP contribution in [0.25, 0.3) is 0 Å². The molecule has 0 saturated heterocycles. The van der Waals surface area contributed by atoms with Gasteiger partial charge >= 0.3 is 0 Å². The third-order valence-corrected chi connectivity index (χ3v) is 3.11. The summed E-state index contributed by atoms with van der Waals surface area (Å²) in [5, 5.41) is 2.64. The maximum atomic E-state index is 13.4. The molecule has 0 aromatic heterocycles. The topological polar surface area (TPSA) is 38.3 Å². The summed E-state index contributed by atoms with van der Waals surface area (Å²) in [6.45, 7) is 5.28. The van der Waals surface area contributed by atoms with E-state index in [1.165, 1.54) is 6.07 Å². The second kappa shape index (κ2) is 6.39. The summed E-state index contributed by atoms with van der Waals surface area (Å²) in [5.74, 6) is -0.0347. The molecule has 0 aliphatic heterocycles. The second-order valence-corrected chi connectivity index (χ2v) is 5.03. The molecule has 0 spiro atoms. The highest BCUT2D eigenvalue weighted by Gasteiger charge is 2.15. The summed E-state index contributed by atoms with van der Waals surface area (Å²) in [6.07, 6.45) is -0.670. The van der Waals surface area contributed by atoms with Crippen molar-refractivity contribution in [1.82, 2.24) is 0 Å². The molecule has 2 aromatic rings. The quantitative estimate of drug-likeness (QED) is 0.927. The van der Waals surface area contributed by atoms with Gasteiger partial charge < -0.3 is 10.1 Å². The lowest BCUT2D eigenvalue weighted by Crippen LogP contribution is -2.30. The molecule has 0 radical (unpaired) electrons. The average Bonchev–Trinajstić information content (AvgIpc) is 2.43. The normalized spacial score (nSPS) is 11.8. The van der Waals surface area contributed by atoms with Gasteiger partial charge in [0, 0.05) is 5.69 Å². The smallest absolute Gasteiger partial charge is 0.265 e. The molecule has 0 heterocycles. The minimum absolute atomic E-state index is 0.320. The van der Waals surface area contributed by atoms with Crippen LogP contribution in [0, 0.1) is 19.7 Å². The van der Waals surface area contributed by atoms with Gasteiger partial charge in [-0.1, -0.05) is 18.2 Å². The van der Waals surface area contributed by atoms with Crippen molar-refractivity contribution in [3.63, 3.8) is 0 Å². The van der Waals surface area contributed by atoms with Crippen molar-refractivity contribution >= 4 is 11.6 Å². The van der Waals surface area contributed by atoms with E-state index in [4.69, 9.17) is 4.74 Å². The number of halogens is 1. The van der Waals surface area contributed by atoms with Crippen molar-refractivity contribution in [2.75, 3.05) is 5.32 Å². The maximum absolute atomic E-state index is 13.4. The molecular weight excluding hydrogens is 269 g/mol. The Kier molecular flexibility index (Phi) is 4.58. The molecular formula is C17H18FNO2. The fraction of sp³-hybridized carbons (Fsp3) is 0.235. The molecule has 0 bridgehead atoms. The molecule has 1 N–H and O–H groups in total. The molecule has 21 heavy (non-hydrogen) atoms. The maximum Gasteiger partial charge on any atom is 0.265 e. The fourth-order valence-corrected chi connectivity index (χ4v) is 1.86. The van der Waals surface area contributed by atoms with Crippen LogP contribution in [0.15, 0.2) is 42.5 Å². The Morgan fingerprint density at radius 2 is 1.95 bits per heavy atom. The van der Waals surface area contributed by atoms with Crippen LogP contribution in [-0.2, 0) is 4.79 Å². The first-order valence-corrected chi connectivity index (χ1v) is 6.76. The standard InChI is InChI=1S/C17H18FNO2/c1-11-5-4-6-15(9-11)21-13(3)17(20)19-14-8-7-12(2)16(18)10-14/h4-10,13H,1-3H3,(H,19,20)/t13-/m0/s1. The predicted molar refractivity (Wildman–Crippen MR) is 81.0 cm³/mol. The van der Waals surface area contributed by atoms with Gasteiger partial charge in [0.2, 0.25) is 0 Å². The zero-order chi connectivity index (χ0) is 15.4. The van der Waals surface area contributed by atoms with Gasteiger partial charge in [-0.15, -0.1) is 0 Å². The number of nitrogens with one attached hydrogen (secondary N) is 1. The van der Waals surface area contributed by atoms with Crippen molar-refractivity contribution < 1.29 is 13.9 Å². The number of hydrogen-bond acceptors (Lipinski definition) is 2. The lowest BCUT2D eigenvalue weighted by molar-refractivity contribution is -0.122. The van der Waals surface area contributed by atoms with Crippen LogP contribution in [0.4, 0.5) is 10.1 Å². The van der Waals surface area contributed by atoms with E-state index in [0.29, 0.717) is 17.0 Å². The van der Waals surface area contributed by atoms with Crippen molar-refractivity contribution in [3.8, 4) is 5.75 Å². The Bertz CT molecular complexity index is 655. The minimum atomic E-state index is -0.670. The van der Waals surface area contributed by atoms with Gasteiger partial charge in [-0.05, 0) is 56.2 Å². The zero-order valence-corrected chi connectivity index (χ0v) is 12.3. The molecule has 0 fully saturated rings. The molecule has 0 saturated carbocycles. The third kappa shape index (κ3) is 4.05. The molecule has 1 atom stereocenters. The number of hydrogen-bond donors (Lipinski definition) is 1. The second-order valence-electron chi connectivity index (χ2n) is 5.03. The summed E-state index contributed by atoms with van der Waals surface area (Å²) in [5.41, 5.74) is 2.01. The fourth-order valence-electron chi connectivity index (χ4n) is 1.86. The van der Waals surface area contributed by atoms with Crippen molar-refractivity contribution in [2.45, 2.75) is 26.9 Å². The van der Waals surface area contributed by atoms with E-state index >= 15 is 0 Å². The van der Waals surface area contributed by atoms with E-state index in [-0.39, 0.29) is 11.7 Å². The van der Waals surface area contributed by atoms with Crippen LogP contribution >= 0.6 is 0 Å². The van der Waals surface area contributed by atoms with Gasteiger partial charge in [0.05, 0.1) is 0 Å². The molecule has 4 heteroatoms. The summed E-state index contributed by atoms with van der Waals surface area (Å²) in [4.78, 5) is 12.0. The number of amides is 1. The van der Waals surface area contributed by atoms with Crippen LogP contribution in [0.5, 0.6) is 5.75 Å². The van der Waals surface area contributed by atoms with Crippen LogP contribution in [-0.4, -0.2) is 12.0 Å². The van der Waals surface area contributed by atoms with E-state index in [1.807, 2.05) is 25.1 Å². The van der Waals surface area contributed by atoms with E-state index in [9.17, 15) is 9.18 Å².